The minimum Gasteiger partial charge on any atom is -0.344 e. The van der Waals surface area contributed by atoms with Gasteiger partial charge in [0.25, 0.3) is 10.0 Å². The number of halogens is 1. The van der Waals surface area contributed by atoms with Gasteiger partial charge in [0, 0.05) is 4.47 Å². The molecule has 0 fully saturated rings. The van der Waals surface area contributed by atoms with Crippen LogP contribution in [0.25, 0.3) is 0 Å². The van der Waals surface area contributed by atoms with Crippen LogP contribution in [-0.4, -0.2) is 20.9 Å². The van der Waals surface area contributed by atoms with Crippen LogP contribution < -0.4 is 9.62 Å². The molecule has 1 N–H and O–H groups in total. The third-order valence-corrected chi connectivity index (χ3v) is 8.27. The van der Waals surface area contributed by atoms with Crippen LogP contribution in [0.1, 0.15) is 28.3 Å². The number of amides is 1. The maximum absolute atomic E-state index is 13.7. The molecule has 0 aromatic heterocycles. The molecule has 0 aliphatic carbocycles. The van der Waals surface area contributed by atoms with E-state index in [1.54, 1.807) is 48.5 Å². The number of nitrogens with zero attached hydrogens (tertiary/aromatic N) is 1. The zero-order valence-corrected chi connectivity index (χ0v) is 22.5. The number of rotatable bonds is 8. The molecule has 36 heavy (non-hydrogen) atoms. The molecule has 5 nitrogen and oxygen atoms in total. The van der Waals surface area contributed by atoms with Gasteiger partial charge in [-0.2, -0.15) is 0 Å². The molecule has 1 amide bonds. The Morgan fingerprint density at radius 3 is 2.08 bits per heavy atom. The Labute approximate surface area is 221 Å². The van der Waals surface area contributed by atoms with Gasteiger partial charge in [0.2, 0.25) is 5.91 Å². The van der Waals surface area contributed by atoms with E-state index >= 15 is 0 Å². The predicted octanol–water partition coefficient (Wildman–Crippen LogP) is 6.17. The van der Waals surface area contributed by atoms with Crippen molar-refractivity contribution in [2.45, 2.75) is 24.8 Å². The molecule has 4 rings (SSSR count). The lowest BCUT2D eigenvalue weighted by molar-refractivity contribution is -0.120. The van der Waals surface area contributed by atoms with Crippen molar-refractivity contribution in [3.63, 3.8) is 0 Å². The van der Waals surface area contributed by atoms with Gasteiger partial charge >= 0.3 is 0 Å². The van der Waals surface area contributed by atoms with Gasteiger partial charge in [0.15, 0.2) is 0 Å². The second-order valence-corrected chi connectivity index (χ2v) is 11.3. The third-order valence-electron chi connectivity index (χ3n) is 5.95. The summed E-state index contributed by atoms with van der Waals surface area (Å²) in [6, 6.07) is 30.6. The summed E-state index contributed by atoms with van der Waals surface area (Å²) < 4.78 is 29.3. The fourth-order valence-corrected chi connectivity index (χ4v) is 5.68. The van der Waals surface area contributed by atoms with Crippen molar-refractivity contribution >= 4 is 37.5 Å². The van der Waals surface area contributed by atoms with Gasteiger partial charge < -0.3 is 5.32 Å². The first kappa shape index (κ1) is 25.7. The molecule has 0 spiro atoms. The van der Waals surface area contributed by atoms with Gasteiger partial charge in [0.05, 0.1) is 16.6 Å². The summed E-state index contributed by atoms with van der Waals surface area (Å²) >= 11 is 3.39. The van der Waals surface area contributed by atoms with Crippen LogP contribution in [0.15, 0.2) is 112 Å². The monoisotopic (exact) mass is 562 g/mol. The largest absolute Gasteiger partial charge is 0.344 e. The summed E-state index contributed by atoms with van der Waals surface area (Å²) in [6.07, 6.45) is 0. The second kappa shape index (κ2) is 11.1. The number of hydrogen-bond acceptors (Lipinski definition) is 3. The molecular weight excluding hydrogens is 536 g/mol. The van der Waals surface area contributed by atoms with E-state index < -0.39 is 22.0 Å². The number of sulfonamides is 1. The van der Waals surface area contributed by atoms with Gasteiger partial charge in [-0.25, -0.2) is 8.42 Å². The minimum atomic E-state index is -3.99. The van der Waals surface area contributed by atoms with Crippen LogP contribution in [0.2, 0.25) is 0 Å². The summed E-state index contributed by atoms with van der Waals surface area (Å²) in [5.41, 5.74) is 4.25. The van der Waals surface area contributed by atoms with Gasteiger partial charge in [-0.15, -0.1) is 0 Å². The van der Waals surface area contributed by atoms with E-state index in [1.807, 2.05) is 68.4 Å². The summed E-state index contributed by atoms with van der Waals surface area (Å²) in [5, 5.41) is 3.08. The molecule has 0 saturated heterocycles. The Bertz CT molecular complexity index is 1440. The summed E-state index contributed by atoms with van der Waals surface area (Å²) in [4.78, 5) is 13.6. The maximum Gasteiger partial charge on any atom is 0.264 e. The van der Waals surface area contributed by atoms with E-state index in [-0.39, 0.29) is 11.4 Å². The molecule has 0 heterocycles. The van der Waals surface area contributed by atoms with Crippen LogP contribution in [0.3, 0.4) is 0 Å². The van der Waals surface area contributed by atoms with Crippen molar-refractivity contribution in [1.82, 2.24) is 5.32 Å². The summed E-state index contributed by atoms with van der Waals surface area (Å²) in [5.74, 6) is -0.411. The van der Waals surface area contributed by atoms with E-state index in [9.17, 15) is 13.2 Å². The van der Waals surface area contributed by atoms with Gasteiger partial charge in [-0.05, 0) is 66.9 Å². The molecule has 0 bridgehead atoms. The number of carbonyl (C=O) groups excluding carboxylic acids is 1. The first-order valence-corrected chi connectivity index (χ1v) is 13.7. The number of anilines is 1. The van der Waals surface area contributed by atoms with Crippen molar-refractivity contribution in [1.29, 1.82) is 0 Å². The Morgan fingerprint density at radius 1 is 0.833 bits per heavy atom. The Hall–Kier alpha value is -3.42. The minimum absolute atomic E-state index is 0.127. The average Bonchev–Trinajstić information content (AvgIpc) is 2.88. The van der Waals surface area contributed by atoms with Crippen molar-refractivity contribution in [2.24, 2.45) is 0 Å². The van der Waals surface area contributed by atoms with E-state index in [0.717, 1.165) is 31.0 Å². The Morgan fingerprint density at radius 2 is 1.44 bits per heavy atom. The topological polar surface area (TPSA) is 66.5 Å². The highest BCUT2D eigenvalue weighted by Crippen LogP contribution is 2.27. The molecule has 184 valence electrons. The number of aryl methyl sites for hydroxylation is 2. The van der Waals surface area contributed by atoms with Gasteiger partial charge in [-0.1, -0.05) is 88.2 Å². The molecule has 0 aliphatic heterocycles. The van der Waals surface area contributed by atoms with Crippen LogP contribution >= 0.6 is 15.9 Å². The van der Waals surface area contributed by atoms with Gasteiger partial charge in [-0.3, -0.25) is 9.10 Å². The van der Waals surface area contributed by atoms with Crippen molar-refractivity contribution < 1.29 is 13.2 Å². The SMILES string of the molecule is Cc1ccc(S(=O)(=O)N(CC(=O)N[C@@H](c2ccccc2)c2ccccc2C)c2ccc(Br)cc2)cc1. The number of benzene rings is 4. The van der Waals surface area contributed by atoms with Gasteiger partial charge in [0.1, 0.15) is 6.54 Å². The lowest BCUT2D eigenvalue weighted by atomic mass is 9.95. The van der Waals surface area contributed by atoms with E-state index in [1.165, 1.54) is 0 Å². The highest BCUT2D eigenvalue weighted by Gasteiger charge is 2.28. The Kier molecular flexibility index (Phi) is 7.91. The van der Waals surface area contributed by atoms with Crippen LogP contribution in [0.5, 0.6) is 0 Å². The highest BCUT2D eigenvalue weighted by molar-refractivity contribution is 9.10. The van der Waals surface area contributed by atoms with Crippen LogP contribution in [-0.2, 0) is 14.8 Å². The second-order valence-electron chi connectivity index (χ2n) is 8.57. The normalized spacial score (nSPS) is 12.1. The van der Waals surface area contributed by atoms with Crippen molar-refractivity contribution in [3.8, 4) is 0 Å². The zero-order valence-electron chi connectivity index (χ0n) is 20.1. The number of carbonyl (C=O) groups is 1. The van der Waals surface area contributed by atoms with Crippen LogP contribution in [0.4, 0.5) is 5.69 Å². The fourth-order valence-electron chi connectivity index (χ4n) is 3.99. The van der Waals surface area contributed by atoms with E-state index in [0.29, 0.717) is 5.69 Å². The predicted molar refractivity (Wildman–Crippen MR) is 147 cm³/mol. The molecule has 0 aliphatic rings. The third kappa shape index (κ3) is 5.86. The summed E-state index contributed by atoms with van der Waals surface area (Å²) in [7, 11) is -3.99. The molecule has 7 heteroatoms. The first-order valence-electron chi connectivity index (χ1n) is 11.5. The first-order chi connectivity index (χ1) is 17.3. The standard InChI is InChI=1S/C29H27BrN2O3S/c1-21-12-18-26(19-13-21)36(34,35)32(25-16-14-24(30)15-17-25)20-28(33)31-29(23-9-4-3-5-10-23)27-11-7-6-8-22(27)2/h3-19,29H,20H2,1-2H3,(H,31,33)/t29-/m0/s1. The molecule has 1 atom stereocenters. The fraction of sp³-hybridized carbons (Fsp3) is 0.138. The van der Waals surface area contributed by atoms with E-state index in [4.69, 9.17) is 0 Å². The van der Waals surface area contributed by atoms with Crippen LogP contribution in [0, 0.1) is 13.8 Å². The number of nitrogens with one attached hydrogen (secondary N) is 1. The molecule has 0 saturated carbocycles. The highest BCUT2D eigenvalue weighted by atomic mass is 79.9. The number of hydrogen-bond donors (Lipinski definition) is 1. The van der Waals surface area contributed by atoms with Crippen molar-refractivity contribution in [3.05, 3.63) is 130 Å². The molecule has 0 radical (unpaired) electrons. The lowest BCUT2D eigenvalue weighted by Gasteiger charge is -2.27. The smallest absolute Gasteiger partial charge is 0.264 e. The average molecular weight is 564 g/mol. The maximum atomic E-state index is 13.7. The molecule has 4 aromatic rings. The molecular formula is C29H27BrN2O3S. The quantitative estimate of drug-likeness (QED) is 0.279. The molecule has 0 unspecified atom stereocenters. The lowest BCUT2D eigenvalue weighted by Crippen LogP contribution is -2.42. The summed E-state index contributed by atoms with van der Waals surface area (Å²) in [6.45, 7) is 3.52. The zero-order chi connectivity index (χ0) is 25.7. The van der Waals surface area contributed by atoms with E-state index in [2.05, 4.69) is 21.2 Å². The Balaban J connectivity index is 1.69. The van der Waals surface area contributed by atoms with Crippen molar-refractivity contribution in [2.75, 3.05) is 10.8 Å². The molecule has 4 aromatic carbocycles.